The van der Waals surface area contributed by atoms with E-state index >= 15 is 0 Å². The van der Waals surface area contributed by atoms with Crippen LogP contribution in [0.25, 0.3) is 0 Å². The van der Waals surface area contributed by atoms with Crippen LogP contribution in [0.3, 0.4) is 0 Å². The maximum Gasteiger partial charge on any atom is 0.264 e. The SMILES string of the molecule is CCOc1ccc(S(=O)(=O)N(CC(=O)NCc2ccc(F)cc2)c2ccc(F)cc2)cc1. The maximum absolute atomic E-state index is 13.4. The number of rotatable bonds is 9. The molecule has 1 amide bonds. The number of hydrogen-bond donors (Lipinski definition) is 1. The molecule has 0 atom stereocenters. The number of anilines is 1. The Morgan fingerprint density at radius 2 is 1.47 bits per heavy atom. The first-order valence-electron chi connectivity index (χ1n) is 9.82. The molecule has 0 aliphatic carbocycles. The molecule has 0 aromatic heterocycles. The molecule has 0 radical (unpaired) electrons. The van der Waals surface area contributed by atoms with E-state index in [0.29, 0.717) is 17.9 Å². The fourth-order valence-corrected chi connectivity index (χ4v) is 4.33. The summed E-state index contributed by atoms with van der Waals surface area (Å²) in [5.41, 5.74) is 0.791. The molecular weight excluding hydrogens is 438 g/mol. The minimum Gasteiger partial charge on any atom is -0.494 e. The van der Waals surface area contributed by atoms with E-state index in [1.807, 2.05) is 6.92 Å². The molecule has 1 N–H and O–H groups in total. The maximum atomic E-state index is 13.4. The molecule has 0 fully saturated rings. The van der Waals surface area contributed by atoms with Gasteiger partial charge in [-0.15, -0.1) is 0 Å². The Hall–Kier alpha value is -3.46. The molecule has 0 saturated heterocycles. The fourth-order valence-electron chi connectivity index (χ4n) is 2.91. The highest BCUT2D eigenvalue weighted by molar-refractivity contribution is 7.92. The molecule has 32 heavy (non-hydrogen) atoms. The summed E-state index contributed by atoms with van der Waals surface area (Å²) in [5, 5.41) is 2.62. The molecule has 0 aliphatic rings. The molecule has 9 heteroatoms. The van der Waals surface area contributed by atoms with E-state index in [2.05, 4.69) is 5.32 Å². The summed E-state index contributed by atoms with van der Waals surface area (Å²) in [4.78, 5) is 12.5. The van der Waals surface area contributed by atoms with E-state index in [0.717, 1.165) is 16.4 Å². The van der Waals surface area contributed by atoms with Gasteiger partial charge in [0.2, 0.25) is 5.91 Å². The smallest absolute Gasteiger partial charge is 0.264 e. The molecule has 168 valence electrons. The molecule has 0 spiro atoms. The lowest BCUT2D eigenvalue weighted by atomic mass is 10.2. The monoisotopic (exact) mass is 460 g/mol. The van der Waals surface area contributed by atoms with Crippen molar-refractivity contribution in [2.75, 3.05) is 17.5 Å². The van der Waals surface area contributed by atoms with Gasteiger partial charge in [-0.3, -0.25) is 9.10 Å². The molecule has 0 saturated carbocycles. The molecule has 0 bridgehead atoms. The van der Waals surface area contributed by atoms with Crippen LogP contribution in [0.2, 0.25) is 0 Å². The van der Waals surface area contributed by atoms with Crippen molar-refractivity contribution in [3.63, 3.8) is 0 Å². The zero-order chi connectivity index (χ0) is 23.1. The van der Waals surface area contributed by atoms with Crippen molar-refractivity contribution < 1.29 is 26.7 Å². The lowest BCUT2D eigenvalue weighted by Crippen LogP contribution is -2.40. The van der Waals surface area contributed by atoms with E-state index in [4.69, 9.17) is 4.74 Å². The second kappa shape index (κ2) is 10.2. The third kappa shape index (κ3) is 5.82. The van der Waals surface area contributed by atoms with E-state index in [1.165, 1.54) is 60.7 Å². The van der Waals surface area contributed by atoms with Crippen LogP contribution in [0.5, 0.6) is 5.75 Å². The van der Waals surface area contributed by atoms with Crippen molar-refractivity contribution in [1.29, 1.82) is 0 Å². The Morgan fingerprint density at radius 1 is 0.906 bits per heavy atom. The summed E-state index contributed by atoms with van der Waals surface area (Å²) < 4.78 is 59.3. The lowest BCUT2D eigenvalue weighted by molar-refractivity contribution is -0.119. The van der Waals surface area contributed by atoms with Crippen LogP contribution < -0.4 is 14.4 Å². The predicted molar refractivity (Wildman–Crippen MR) is 117 cm³/mol. The summed E-state index contributed by atoms with van der Waals surface area (Å²) in [5.74, 6) is -0.998. The average molecular weight is 461 g/mol. The molecule has 3 rings (SSSR count). The van der Waals surface area contributed by atoms with E-state index in [1.54, 1.807) is 0 Å². The Kier molecular flexibility index (Phi) is 7.42. The number of amides is 1. The molecule has 3 aromatic carbocycles. The van der Waals surface area contributed by atoms with Gasteiger partial charge in [0.1, 0.15) is 23.9 Å². The number of nitrogens with one attached hydrogen (secondary N) is 1. The average Bonchev–Trinajstić information content (AvgIpc) is 2.78. The highest BCUT2D eigenvalue weighted by atomic mass is 32.2. The third-order valence-electron chi connectivity index (χ3n) is 4.53. The zero-order valence-corrected chi connectivity index (χ0v) is 18.1. The van der Waals surface area contributed by atoms with Crippen LogP contribution in [-0.2, 0) is 21.4 Å². The number of hydrogen-bond acceptors (Lipinski definition) is 4. The van der Waals surface area contributed by atoms with Crippen LogP contribution >= 0.6 is 0 Å². The van der Waals surface area contributed by atoms with Gasteiger partial charge in [-0.2, -0.15) is 0 Å². The summed E-state index contributed by atoms with van der Waals surface area (Å²) >= 11 is 0. The first-order valence-corrected chi connectivity index (χ1v) is 11.3. The first-order chi connectivity index (χ1) is 15.3. The Balaban J connectivity index is 1.83. The van der Waals surface area contributed by atoms with E-state index in [9.17, 15) is 22.0 Å². The number of ether oxygens (including phenoxy) is 1. The largest absolute Gasteiger partial charge is 0.494 e. The minimum absolute atomic E-state index is 0.0448. The number of halogens is 2. The lowest BCUT2D eigenvalue weighted by Gasteiger charge is -2.24. The van der Waals surface area contributed by atoms with Gasteiger partial charge in [-0.1, -0.05) is 12.1 Å². The first kappa shape index (κ1) is 23.2. The van der Waals surface area contributed by atoms with E-state index < -0.39 is 34.1 Å². The van der Waals surface area contributed by atoms with Crippen molar-refractivity contribution in [2.24, 2.45) is 0 Å². The molecule has 0 unspecified atom stereocenters. The number of benzene rings is 3. The van der Waals surface area contributed by atoms with Crippen LogP contribution in [0, 0.1) is 11.6 Å². The van der Waals surface area contributed by atoms with Crippen LogP contribution in [0.4, 0.5) is 14.5 Å². The van der Waals surface area contributed by atoms with Gasteiger partial charge in [0.05, 0.1) is 17.2 Å². The zero-order valence-electron chi connectivity index (χ0n) is 17.3. The standard InChI is InChI=1S/C23H22F2N2O4S/c1-2-31-21-11-13-22(14-12-21)32(29,30)27(20-9-7-19(25)8-10-20)16-23(28)26-15-17-3-5-18(24)6-4-17/h3-14H,2,15-16H2,1H3,(H,26,28). The van der Waals surface area contributed by atoms with Crippen molar-refractivity contribution in [3.8, 4) is 5.75 Å². The second-order valence-electron chi connectivity index (χ2n) is 6.80. The molecule has 3 aromatic rings. The number of carbonyl (C=O) groups excluding carboxylic acids is 1. The fraction of sp³-hybridized carbons (Fsp3) is 0.174. The van der Waals surface area contributed by atoms with E-state index in [-0.39, 0.29) is 17.1 Å². The topological polar surface area (TPSA) is 75.7 Å². The summed E-state index contributed by atoms with van der Waals surface area (Å²) in [6.45, 7) is 1.81. The summed E-state index contributed by atoms with van der Waals surface area (Å²) in [6.07, 6.45) is 0. The number of carbonyl (C=O) groups is 1. The highest BCUT2D eigenvalue weighted by Crippen LogP contribution is 2.25. The number of sulfonamides is 1. The third-order valence-corrected chi connectivity index (χ3v) is 6.32. The predicted octanol–water partition coefficient (Wildman–Crippen LogP) is 3.88. The number of nitrogens with zero attached hydrogens (tertiary/aromatic N) is 1. The van der Waals surface area contributed by atoms with Crippen LogP contribution in [-0.4, -0.2) is 27.5 Å². The van der Waals surface area contributed by atoms with Crippen molar-refractivity contribution >= 4 is 21.6 Å². The normalized spacial score (nSPS) is 11.1. The van der Waals surface area contributed by atoms with Crippen LogP contribution in [0.1, 0.15) is 12.5 Å². The molecule has 0 heterocycles. The van der Waals surface area contributed by atoms with Crippen molar-refractivity contribution in [2.45, 2.75) is 18.4 Å². The summed E-state index contributed by atoms with van der Waals surface area (Å²) in [7, 11) is -4.14. The Morgan fingerprint density at radius 3 is 2.03 bits per heavy atom. The second-order valence-corrected chi connectivity index (χ2v) is 8.66. The van der Waals surface area contributed by atoms with Gasteiger partial charge in [0.25, 0.3) is 10.0 Å². The molecule has 0 aliphatic heterocycles. The van der Waals surface area contributed by atoms with Crippen molar-refractivity contribution in [3.05, 3.63) is 90.0 Å². The Bertz CT molecular complexity index is 1150. The molecular formula is C23H22F2N2O4S. The minimum atomic E-state index is -4.14. The van der Waals surface area contributed by atoms with Gasteiger partial charge in [-0.05, 0) is 73.2 Å². The highest BCUT2D eigenvalue weighted by Gasteiger charge is 2.27. The van der Waals surface area contributed by atoms with Crippen LogP contribution in [0.15, 0.2) is 77.7 Å². The Labute approximate surface area is 185 Å². The quantitative estimate of drug-likeness (QED) is 0.526. The van der Waals surface area contributed by atoms with Gasteiger partial charge < -0.3 is 10.1 Å². The summed E-state index contributed by atoms with van der Waals surface area (Å²) in [6, 6.07) is 16.2. The van der Waals surface area contributed by atoms with Gasteiger partial charge in [-0.25, -0.2) is 17.2 Å². The van der Waals surface area contributed by atoms with Gasteiger partial charge in [0.15, 0.2) is 0 Å². The van der Waals surface area contributed by atoms with Gasteiger partial charge >= 0.3 is 0 Å². The molecule has 6 nitrogen and oxygen atoms in total. The van der Waals surface area contributed by atoms with Gasteiger partial charge in [0, 0.05) is 6.54 Å². The van der Waals surface area contributed by atoms with Crippen molar-refractivity contribution in [1.82, 2.24) is 5.32 Å².